The number of ether oxygens (including phenoxy) is 1. The van der Waals surface area contributed by atoms with Crippen LogP contribution in [0.3, 0.4) is 0 Å². The molecule has 0 N–H and O–H groups in total. The van der Waals surface area contributed by atoms with Gasteiger partial charge in [-0.05, 0) is 18.1 Å². The molecule has 0 radical (unpaired) electrons. The molecule has 0 spiro atoms. The molecule has 0 aliphatic rings. The van der Waals surface area contributed by atoms with E-state index in [9.17, 15) is 4.79 Å². The van der Waals surface area contributed by atoms with Gasteiger partial charge in [-0.15, -0.1) is 0 Å². The summed E-state index contributed by atoms with van der Waals surface area (Å²) in [7, 11) is 0. The third kappa shape index (κ3) is 4.48. The maximum atomic E-state index is 11.2. The van der Waals surface area contributed by atoms with Crippen molar-refractivity contribution in [3.8, 4) is 0 Å². The van der Waals surface area contributed by atoms with E-state index in [0.717, 1.165) is 11.1 Å². The van der Waals surface area contributed by atoms with Gasteiger partial charge in [-0.3, -0.25) is 4.79 Å². The molecule has 20 heavy (non-hydrogen) atoms. The largest absolute Gasteiger partial charge is 0.373 e. The fraction of sp³-hybridized carbons (Fsp3) is 0.167. The molecule has 2 aromatic carbocycles. The topological polar surface area (TPSA) is 26.3 Å². The molecule has 0 aliphatic carbocycles. The highest BCUT2D eigenvalue weighted by Gasteiger charge is 1.96. The van der Waals surface area contributed by atoms with Crippen molar-refractivity contribution in [3.05, 3.63) is 77.4 Å². The average molecular weight is 266 g/mol. The smallest absolute Gasteiger partial charge is 0.159 e. The molecule has 0 saturated carbocycles. The van der Waals surface area contributed by atoms with Gasteiger partial charge in [0.2, 0.25) is 0 Å². The molecule has 0 heterocycles. The predicted molar refractivity (Wildman–Crippen MR) is 81.6 cm³/mol. The first-order valence-corrected chi connectivity index (χ1v) is 6.65. The Bertz CT molecular complexity index is 568. The van der Waals surface area contributed by atoms with E-state index in [1.54, 1.807) is 6.92 Å². The van der Waals surface area contributed by atoms with Crippen LogP contribution >= 0.6 is 0 Å². The van der Waals surface area contributed by atoms with E-state index in [2.05, 4.69) is 0 Å². The normalized spacial score (nSPS) is 10.8. The van der Waals surface area contributed by atoms with Gasteiger partial charge in [0.25, 0.3) is 0 Å². The van der Waals surface area contributed by atoms with Crippen molar-refractivity contribution >= 4 is 11.9 Å². The quantitative estimate of drug-likeness (QED) is 0.580. The second-order valence-corrected chi connectivity index (χ2v) is 4.58. The van der Waals surface area contributed by atoms with Crippen molar-refractivity contribution in [2.24, 2.45) is 0 Å². The summed E-state index contributed by atoms with van der Waals surface area (Å²) in [5.41, 5.74) is 2.98. The third-order valence-electron chi connectivity index (χ3n) is 2.95. The minimum atomic E-state index is 0.0896. The zero-order valence-electron chi connectivity index (χ0n) is 11.6. The summed E-state index contributed by atoms with van der Waals surface area (Å²) in [5, 5.41) is 0. The Balaban J connectivity index is 1.77. The molecule has 0 amide bonds. The number of carbonyl (C=O) groups is 1. The minimum Gasteiger partial charge on any atom is -0.373 e. The lowest BCUT2D eigenvalue weighted by atomic mass is 10.1. The summed E-state index contributed by atoms with van der Waals surface area (Å²) in [4.78, 5) is 11.2. The van der Waals surface area contributed by atoms with Crippen LogP contribution in [0.15, 0.2) is 60.7 Å². The van der Waals surface area contributed by atoms with Crippen LogP contribution < -0.4 is 0 Å². The van der Waals surface area contributed by atoms with E-state index in [4.69, 9.17) is 4.74 Å². The van der Waals surface area contributed by atoms with E-state index in [-0.39, 0.29) is 5.78 Å². The molecule has 2 heteroatoms. The molecule has 2 nitrogen and oxygen atoms in total. The minimum absolute atomic E-state index is 0.0896. The fourth-order valence-electron chi connectivity index (χ4n) is 1.83. The van der Waals surface area contributed by atoms with Crippen LogP contribution in [-0.4, -0.2) is 12.4 Å². The summed E-state index contributed by atoms with van der Waals surface area (Å²) < 4.78 is 5.56. The molecular weight excluding hydrogens is 248 g/mol. The maximum absolute atomic E-state index is 11.2. The monoisotopic (exact) mass is 266 g/mol. The van der Waals surface area contributed by atoms with Crippen LogP contribution in [0.1, 0.15) is 28.4 Å². The Morgan fingerprint density at radius 3 is 2.40 bits per heavy atom. The first-order chi connectivity index (χ1) is 9.75. The standard InChI is InChI=1S/C18H18O2/c1-15(19)18-11-9-16(10-12-18)8-5-13-20-14-17-6-3-2-4-7-17/h2-12H,13-14H2,1H3/b8-5+. The van der Waals surface area contributed by atoms with Crippen LogP contribution in [0.25, 0.3) is 6.08 Å². The Morgan fingerprint density at radius 2 is 1.75 bits per heavy atom. The molecule has 0 saturated heterocycles. The highest BCUT2D eigenvalue weighted by molar-refractivity contribution is 5.94. The van der Waals surface area contributed by atoms with Gasteiger partial charge in [0.05, 0.1) is 13.2 Å². The van der Waals surface area contributed by atoms with Crippen LogP contribution in [0, 0.1) is 0 Å². The van der Waals surface area contributed by atoms with E-state index in [1.807, 2.05) is 66.7 Å². The summed E-state index contributed by atoms with van der Waals surface area (Å²) >= 11 is 0. The van der Waals surface area contributed by atoms with Crippen LogP contribution in [-0.2, 0) is 11.3 Å². The SMILES string of the molecule is CC(=O)c1ccc(/C=C/COCc2ccccc2)cc1. The number of benzene rings is 2. The predicted octanol–water partition coefficient (Wildman–Crippen LogP) is 4.12. The number of hydrogen-bond donors (Lipinski definition) is 0. The number of carbonyl (C=O) groups excluding carboxylic acids is 1. The van der Waals surface area contributed by atoms with Crippen LogP contribution in [0.2, 0.25) is 0 Å². The molecule has 0 aromatic heterocycles. The van der Waals surface area contributed by atoms with E-state index >= 15 is 0 Å². The zero-order valence-corrected chi connectivity index (χ0v) is 11.6. The highest BCUT2D eigenvalue weighted by atomic mass is 16.5. The first kappa shape index (κ1) is 14.2. The first-order valence-electron chi connectivity index (χ1n) is 6.65. The summed E-state index contributed by atoms with van der Waals surface area (Å²) in [5.74, 6) is 0.0896. The highest BCUT2D eigenvalue weighted by Crippen LogP contribution is 2.07. The average Bonchev–Trinajstić information content (AvgIpc) is 2.48. The van der Waals surface area contributed by atoms with Gasteiger partial charge in [0.15, 0.2) is 5.78 Å². The van der Waals surface area contributed by atoms with Crippen molar-refractivity contribution in [1.29, 1.82) is 0 Å². The lowest BCUT2D eigenvalue weighted by Gasteiger charge is -2.01. The zero-order chi connectivity index (χ0) is 14.2. The summed E-state index contributed by atoms with van der Waals surface area (Å²) in [6.45, 7) is 2.76. The Morgan fingerprint density at radius 1 is 1.05 bits per heavy atom. The van der Waals surface area contributed by atoms with Gasteiger partial charge in [0.1, 0.15) is 0 Å². The molecule has 2 aromatic rings. The van der Waals surface area contributed by atoms with Crippen molar-refractivity contribution in [3.63, 3.8) is 0 Å². The van der Waals surface area contributed by atoms with Crippen molar-refractivity contribution in [2.75, 3.05) is 6.61 Å². The number of ketones is 1. The molecule has 0 aliphatic heterocycles. The Labute approximate surface area is 119 Å². The van der Waals surface area contributed by atoms with E-state index in [1.165, 1.54) is 5.56 Å². The molecular formula is C18H18O2. The van der Waals surface area contributed by atoms with Gasteiger partial charge >= 0.3 is 0 Å². The Kier molecular flexibility index (Phi) is 5.27. The second kappa shape index (κ2) is 7.41. The van der Waals surface area contributed by atoms with Crippen LogP contribution in [0.4, 0.5) is 0 Å². The molecule has 0 bridgehead atoms. The second-order valence-electron chi connectivity index (χ2n) is 4.58. The number of Topliss-reactive ketones (excluding diaryl/α,β-unsaturated/α-hetero) is 1. The van der Waals surface area contributed by atoms with Crippen molar-refractivity contribution in [2.45, 2.75) is 13.5 Å². The van der Waals surface area contributed by atoms with Crippen molar-refractivity contribution < 1.29 is 9.53 Å². The van der Waals surface area contributed by atoms with E-state index in [0.29, 0.717) is 13.2 Å². The molecule has 102 valence electrons. The Hall–Kier alpha value is -2.19. The third-order valence-corrected chi connectivity index (χ3v) is 2.95. The van der Waals surface area contributed by atoms with Gasteiger partial charge < -0.3 is 4.74 Å². The fourth-order valence-corrected chi connectivity index (χ4v) is 1.83. The van der Waals surface area contributed by atoms with Crippen molar-refractivity contribution in [1.82, 2.24) is 0 Å². The number of hydrogen-bond acceptors (Lipinski definition) is 2. The lowest BCUT2D eigenvalue weighted by Crippen LogP contribution is -1.92. The van der Waals surface area contributed by atoms with Gasteiger partial charge in [-0.25, -0.2) is 0 Å². The van der Waals surface area contributed by atoms with Gasteiger partial charge in [0, 0.05) is 5.56 Å². The van der Waals surface area contributed by atoms with Gasteiger partial charge in [-0.1, -0.05) is 66.7 Å². The maximum Gasteiger partial charge on any atom is 0.159 e. The molecule has 0 fully saturated rings. The van der Waals surface area contributed by atoms with Gasteiger partial charge in [-0.2, -0.15) is 0 Å². The summed E-state index contributed by atoms with van der Waals surface area (Å²) in [6.07, 6.45) is 3.97. The molecule has 2 rings (SSSR count). The molecule has 0 unspecified atom stereocenters. The number of rotatable bonds is 6. The van der Waals surface area contributed by atoms with E-state index < -0.39 is 0 Å². The summed E-state index contributed by atoms with van der Waals surface area (Å²) in [6, 6.07) is 17.6. The van der Waals surface area contributed by atoms with Crippen LogP contribution in [0.5, 0.6) is 0 Å². The lowest BCUT2D eigenvalue weighted by molar-refractivity contribution is 0.101. The molecule has 0 atom stereocenters.